The van der Waals surface area contributed by atoms with Crippen LogP contribution in [-0.2, 0) is 25.4 Å². The summed E-state index contributed by atoms with van der Waals surface area (Å²) in [6, 6.07) is 2.75. The quantitative estimate of drug-likeness (QED) is 0.739. The highest BCUT2D eigenvalue weighted by Crippen LogP contribution is 2.15. The first-order valence-electron chi connectivity index (χ1n) is 7.15. The minimum absolute atomic E-state index is 0.0688. The average Bonchev–Trinajstić information content (AvgIpc) is 2.97. The lowest BCUT2D eigenvalue weighted by atomic mass is 10.3. The number of rotatable bonds is 3. The van der Waals surface area contributed by atoms with E-state index in [0.717, 1.165) is 16.7 Å². The van der Waals surface area contributed by atoms with Gasteiger partial charge in [0, 0.05) is 20.2 Å². The molecular formula is C15H13F2N5O3. The molecule has 0 fully saturated rings. The lowest BCUT2D eigenvalue weighted by Gasteiger charge is -2.08. The minimum Gasteiger partial charge on any atom is -0.322 e. The first kappa shape index (κ1) is 16.6. The van der Waals surface area contributed by atoms with Gasteiger partial charge in [0.05, 0.1) is 12.0 Å². The fourth-order valence-electron chi connectivity index (χ4n) is 2.45. The van der Waals surface area contributed by atoms with Crippen LogP contribution in [0, 0.1) is 11.6 Å². The first-order valence-corrected chi connectivity index (χ1v) is 7.15. The number of amides is 1. The molecule has 2 heterocycles. The average molecular weight is 349 g/mol. The normalized spacial score (nSPS) is 11.0. The summed E-state index contributed by atoms with van der Waals surface area (Å²) in [6.07, 6.45) is 1.24. The Morgan fingerprint density at radius 3 is 2.60 bits per heavy atom. The predicted octanol–water partition coefficient (Wildman–Crippen LogP) is 0.351. The molecule has 0 aliphatic heterocycles. The van der Waals surface area contributed by atoms with Gasteiger partial charge in [-0.25, -0.2) is 18.6 Å². The second kappa shape index (κ2) is 5.96. The first-order chi connectivity index (χ1) is 11.8. The van der Waals surface area contributed by atoms with Crippen molar-refractivity contribution in [1.29, 1.82) is 0 Å². The van der Waals surface area contributed by atoms with Gasteiger partial charge in [0.2, 0.25) is 5.91 Å². The number of aryl methyl sites for hydroxylation is 1. The van der Waals surface area contributed by atoms with Gasteiger partial charge in [0.1, 0.15) is 18.2 Å². The highest BCUT2D eigenvalue weighted by atomic mass is 19.1. The Morgan fingerprint density at radius 2 is 1.92 bits per heavy atom. The number of imidazole rings is 1. The molecule has 10 heteroatoms. The molecule has 0 spiro atoms. The summed E-state index contributed by atoms with van der Waals surface area (Å²) in [5.41, 5.74) is -1.12. The van der Waals surface area contributed by atoms with Crippen LogP contribution in [0.25, 0.3) is 11.2 Å². The molecule has 0 aliphatic carbocycles. The van der Waals surface area contributed by atoms with E-state index in [2.05, 4.69) is 10.3 Å². The molecule has 0 radical (unpaired) electrons. The van der Waals surface area contributed by atoms with Gasteiger partial charge in [-0.3, -0.25) is 18.7 Å². The molecule has 25 heavy (non-hydrogen) atoms. The fraction of sp³-hybridized carbons (Fsp3) is 0.200. The molecule has 0 atom stereocenters. The van der Waals surface area contributed by atoms with Gasteiger partial charge in [-0.1, -0.05) is 0 Å². The molecule has 3 aromatic rings. The van der Waals surface area contributed by atoms with Gasteiger partial charge in [-0.2, -0.15) is 0 Å². The molecule has 130 valence electrons. The number of aromatic nitrogens is 4. The van der Waals surface area contributed by atoms with Crippen LogP contribution in [-0.4, -0.2) is 24.6 Å². The van der Waals surface area contributed by atoms with Crippen LogP contribution in [0.1, 0.15) is 0 Å². The van der Waals surface area contributed by atoms with Gasteiger partial charge >= 0.3 is 5.69 Å². The van der Waals surface area contributed by atoms with Crippen LogP contribution in [0.15, 0.2) is 34.1 Å². The summed E-state index contributed by atoms with van der Waals surface area (Å²) in [6.45, 7) is -0.333. The molecular weight excluding hydrogens is 336 g/mol. The molecule has 0 unspecified atom stereocenters. The largest absolute Gasteiger partial charge is 0.332 e. The third-order valence-electron chi connectivity index (χ3n) is 3.74. The maximum Gasteiger partial charge on any atom is 0.332 e. The van der Waals surface area contributed by atoms with Gasteiger partial charge < -0.3 is 9.88 Å². The zero-order chi connectivity index (χ0) is 18.3. The maximum absolute atomic E-state index is 13.6. The number of nitrogens with one attached hydrogen (secondary N) is 1. The number of hydrogen-bond acceptors (Lipinski definition) is 4. The molecule has 8 nitrogen and oxygen atoms in total. The van der Waals surface area contributed by atoms with Crippen molar-refractivity contribution in [2.45, 2.75) is 6.54 Å². The highest BCUT2D eigenvalue weighted by molar-refractivity contribution is 5.91. The monoisotopic (exact) mass is 349 g/mol. The van der Waals surface area contributed by atoms with E-state index in [9.17, 15) is 23.2 Å². The minimum atomic E-state index is -0.915. The Labute approximate surface area is 138 Å². The molecule has 0 bridgehead atoms. The number of halogens is 2. The van der Waals surface area contributed by atoms with Crippen LogP contribution in [0.5, 0.6) is 0 Å². The number of fused-ring (bicyclic) bond motifs is 1. The Bertz CT molecular complexity index is 1110. The summed E-state index contributed by atoms with van der Waals surface area (Å²) < 4.78 is 29.8. The summed E-state index contributed by atoms with van der Waals surface area (Å²) in [5.74, 6) is -2.32. The van der Waals surface area contributed by atoms with Crippen molar-refractivity contribution in [2.24, 2.45) is 14.1 Å². The smallest absolute Gasteiger partial charge is 0.322 e. The molecule has 1 amide bonds. The Balaban J connectivity index is 1.94. The summed E-state index contributed by atoms with van der Waals surface area (Å²) in [7, 11) is 2.77. The van der Waals surface area contributed by atoms with E-state index in [1.165, 1.54) is 29.6 Å². The molecule has 3 rings (SSSR count). The van der Waals surface area contributed by atoms with Gasteiger partial charge in [0.25, 0.3) is 5.56 Å². The SMILES string of the molecule is Cn1c(=O)c2c(ncn2CC(=O)Nc2ccc(F)cc2F)n(C)c1=O. The topological polar surface area (TPSA) is 90.9 Å². The number of nitrogens with zero attached hydrogens (tertiary/aromatic N) is 4. The predicted molar refractivity (Wildman–Crippen MR) is 85.2 cm³/mol. The fourth-order valence-corrected chi connectivity index (χ4v) is 2.45. The standard InChI is InChI=1S/C15H13F2N5O3/c1-20-13-12(14(24)21(2)15(20)25)22(7-18-13)6-11(23)19-10-4-3-8(16)5-9(10)17/h3-5,7H,6H2,1-2H3,(H,19,23). The van der Waals surface area contributed by atoms with Gasteiger partial charge in [-0.05, 0) is 12.1 Å². The van der Waals surface area contributed by atoms with Crippen molar-refractivity contribution in [3.05, 3.63) is 57.0 Å². The van der Waals surface area contributed by atoms with E-state index >= 15 is 0 Å². The van der Waals surface area contributed by atoms with Gasteiger partial charge in [0.15, 0.2) is 11.2 Å². The van der Waals surface area contributed by atoms with Crippen molar-refractivity contribution in [3.63, 3.8) is 0 Å². The number of benzene rings is 1. The van der Waals surface area contributed by atoms with Crippen LogP contribution < -0.4 is 16.6 Å². The Hall–Kier alpha value is -3.30. The zero-order valence-corrected chi connectivity index (χ0v) is 13.3. The van der Waals surface area contributed by atoms with E-state index < -0.39 is 28.8 Å². The summed E-state index contributed by atoms with van der Waals surface area (Å²) >= 11 is 0. The van der Waals surface area contributed by atoms with Crippen LogP contribution in [0.4, 0.5) is 14.5 Å². The van der Waals surface area contributed by atoms with Crippen molar-refractivity contribution in [2.75, 3.05) is 5.32 Å². The Morgan fingerprint density at radius 1 is 1.20 bits per heavy atom. The second-order valence-electron chi connectivity index (χ2n) is 5.42. The molecule has 2 aromatic heterocycles. The molecule has 0 saturated carbocycles. The van der Waals surface area contributed by atoms with E-state index in [1.807, 2.05) is 0 Å². The number of anilines is 1. The van der Waals surface area contributed by atoms with Crippen molar-refractivity contribution in [3.8, 4) is 0 Å². The van der Waals surface area contributed by atoms with Crippen LogP contribution >= 0.6 is 0 Å². The van der Waals surface area contributed by atoms with E-state index in [0.29, 0.717) is 6.07 Å². The van der Waals surface area contributed by atoms with Crippen molar-refractivity contribution >= 4 is 22.8 Å². The van der Waals surface area contributed by atoms with E-state index in [1.54, 1.807) is 0 Å². The molecule has 0 aliphatic rings. The number of carbonyl (C=O) groups is 1. The summed E-state index contributed by atoms with van der Waals surface area (Å²) in [4.78, 5) is 40.2. The number of hydrogen-bond donors (Lipinski definition) is 1. The zero-order valence-electron chi connectivity index (χ0n) is 13.3. The number of carbonyl (C=O) groups excluding carboxylic acids is 1. The maximum atomic E-state index is 13.6. The lowest BCUT2D eigenvalue weighted by molar-refractivity contribution is -0.116. The third kappa shape index (κ3) is 2.82. The van der Waals surface area contributed by atoms with Crippen LogP contribution in [0.2, 0.25) is 0 Å². The Kier molecular flexibility index (Phi) is 3.95. The third-order valence-corrected chi connectivity index (χ3v) is 3.74. The van der Waals surface area contributed by atoms with Crippen molar-refractivity contribution < 1.29 is 13.6 Å². The molecule has 0 saturated heterocycles. The lowest BCUT2D eigenvalue weighted by Crippen LogP contribution is -2.37. The molecule has 1 N–H and O–H groups in total. The molecule has 1 aromatic carbocycles. The summed E-state index contributed by atoms with van der Waals surface area (Å²) in [5, 5.41) is 2.29. The van der Waals surface area contributed by atoms with Gasteiger partial charge in [-0.15, -0.1) is 0 Å². The van der Waals surface area contributed by atoms with E-state index in [-0.39, 0.29) is 23.4 Å². The second-order valence-corrected chi connectivity index (χ2v) is 5.42. The van der Waals surface area contributed by atoms with Crippen molar-refractivity contribution in [1.82, 2.24) is 18.7 Å². The van der Waals surface area contributed by atoms with Crippen LogP contribution in [0.3, 0.4) is 0 Å². The highest BCUT2D eigenvalue weighted by Gasteiger charge is 2.16. The van der Waals surface area contributed by atoms with E-state index in [4.69, 9.17) is 0 Å².